The van der Waals surface area contributed by atoms with E-state index in [1.165, 1.54) is 9.13 Å². The van der Waals surface area contributed by atoms with E-state index in [1.54, 1.807) is 6.20 Å². The van der Waals surface area contributed by atoms with Crippen molar-refractivity contribution in [2.24, 2.45) is 5.73 Å². The van der Waals surface area contributed by atoms with E-state index < -0.39 is 0 Å². The SMILES string of the molecule is Cc1ccc(Nc2ncccc2C(N)=S)cc1I. The maximum absolute atomic E-state index is 5.67. The van der Waals surface area contributed by atoms with Gasteiger partial charge < -0.3 is 11.1 Å². The first-order chi connectivity index (χ1) is 8.58. The molecule has 0 aliphatic rings. The summed E-state index contributed by atoms with van der Waals surface area (Å²) in [5.74, 6) is 0.685. The predicted molar refractivity (Wildman–Crippen MR) is 87.3 cm³/mol. The van der Waals surface area contributed by atoms with Crippen LogP contribution in [0, 0.1) is 10.5 Å². The van der Waals surface area contributed by atoms with Gasteiger partial charge in [0.15, 0.2) is 0 Å². The third-order valence-electron chi connectivity index (χ3n) is 2.51. The predicted octanol–water partition coefficient (Wildman–Crippen LogP) is 3.37. The van der Waals surface area contributed by atoms with E-state index in [4.69, 9.17) is 18.0 Å². The summed E-state index contributed by atoms with van der Waals surface area (Å²) >= 11 is 7.31. The highest BCUT2D eigenvalue weighted by Crippen LogP contribution is 2.22. The summed E-state index contributed by atoms with van der Waals surface area (Å²) in [6.45, 7) is 2.08. The number of anilines is 2. The molecule has 0 unspecified atom stereocenters. The number of hydrogen-bond donors (Lipinski definition) is 2. The van der Waals surface area contributed by atoms with E-state index in [1.807, 2.05) is 18.2 Å². The summed E-state index contributed by atoms with van der Waals surface area (Å²) in [5, 5.41) is 3.24. The van der Waals surface area contributed by atoms with E-state index in [2.05, 4.69) is 51.9 Å². The van der Waals surface area contributed by atoms with E-state index in [9.17, 15) is 0 Å². The standard InChI is InChI=1S/C13H12IN3S/c1-8-4-5-9(7-11(8)14)17-13-10(12(15)18)3-2-6-16-13/h2-7H,1H3,(H2,15,18)(H,16,17). The zero-order valence-electron chi connectivity index (χ0n) is 9.77. The Bertz CT molecular complexity index is 599. The van der Waals surface area contributed by atoms with Crippen LogP contribution < -0.4 is 11.1 Å². The molecule has 2 aromatic rings. The van der Waals surface area contributed by atoms with Crippen LogP contribution in [0.1, 0.15) is 11.1 Å². The van der Waals surface area contributed by atoms with Crippen molar-refractivity contribution in [1.82, 2.24) is 4.98 Å². The van der Waals surface area contributed by atoms with Gasteiger partial charge in [-0.25, -0.2) is 4.98 Å². The fourth-order valence-electron chi connectivity index (χ4n) is 1.51. The normalized spacial score (nSPS) is 10.1. The molecule has 0 aliphatic carbocycles. The van der Waals surface area contributed by atoms with Crippen molar-refractivity contribution in [2.45, 2.75) is 6.92 Å². The highest BCUT2D eigenvalue weighted by atomic mass is 127. The van der Waals surface area contributed by atoms with Gasteiger partial charge in [-0.1, -0.05) is 18.3 Å². The van der Waals surface area contributed by atoms with Gasteiger partial charge in [-0.15, -0.1) is 0 Å². The van der Waals surface area contributed by atoms with Crippen molar-refractivity contribution in [3.63, 3.8) is 0 Å². The minimum atomic E-state index is 0.340. The average molecular weight is 369 g/mol. The van der Waals surface area contributed by atoms with Gasteiger partial charge in [0.25, 0.3) is 0 Å². The lowest BCUT2D eigenvalue weighted by Crippen LogP contribution is -2.12. The smallest absolute Gasteiger partial charge is 0.140 e. The molecule has 0 fully saturated rings. The molecule has 1 heterocycles. The molecule has 1 aromatic carbocycles. The topological polar surface area (TPSA) is 50.9 Å². The van der Waals surface area contributed by atoms with Gasteiger partial charge in [-0.3, -0.25) is 0 Å². The van der Waals surface area contributed by atoms with Crippen LogP contribution in [0.4, 0.5) is 11.5 Å². The van der Waals surface area contributed by atoms with Gasteiger partial charge in [0.1, 0.15) is 10.8 Å². The molecular weight excluding hydrogens is 357 g/mol. The molecule has 18 heavy (non-hydrogen) atoms. The Kier molecular flexibility index (Phi) is 4.13. The van der Waals surface area contributed by atoms with Crippen LogP contribution >= 0.6 is 34.8 Å². The molecule has 0 saturated heterocycles. The van der Waals surface area contributed by atoms with Gasteiger partial charge >= 0.3 is 0 Å². The molecule has 0 saturated carbocycles. The number of aromatic nitrogens is 1. The van der Waals surface area contributed by atoms with Crippen LogP contribution in [-0.4, -0.2) is 9.97 Å². The van der Waals surface area contributed by atoms with Gasteiger partial charge in [0, 0.05) is 15.5 Å². The van der Waals surface area contributed by atoms with Gasteiger partial charge in [-0.2, -0.15) is 0 Å². The van der Waals surface area contributed by atoms with Crippen molar-refractivity contribution < 1.29 is 0 Å². The molecule has 5 heteroatoms. The number of thiocarbonyl (C=S) groups is 1. The lowest BCUT2D eigenvalue weighted by Gasteiger charge is -2.10. The molecule has 0 radical (unpaired) electrons. The molecule has 1 aromatic heterocycles. The molecule has 0 aliphatic heterocycles. The van der Waals surface area contributed by atoms with Gasteiger partial charge in [-0.05, 0) is 59.3 Å². The van der Waals surface area contributed by atoms with Crippen LogP contribution in [0.25, 0.3) is 0 Å². The Morgan fingerprint density at radius 2 is 2.17 bits per heavy atom. The van der Waals surface area contributed by atoms with Gasteiger partial charge in [0.05, 0.1) is 5.56 Å². The number of nitrogens with two attached hydrogens (primary N) is 1. The van der Waals surface area contributed by atoms with Crippen LogP contribution in [0.3, 0.4) is 0 Å². The lowest BCUT2D eigenvalue weighted by atomic mass is 10.2. The largest absolute Gasteiger partial charge is 0.389 e. The third kappa shape index (κ3) is 2.97. The number of halogens is 1. The number of nitrogens with zero attached hydrogens (tertiary/aromatic N) is 1. The summed E-state index contributed by atoms with van der Waals surface area (Å²) in [5.41, 5.74) is 8.65. The van der Waals surface area contributed by atoms with Crippen molar-refractivity contribution >= 4 is 51.3 Å². The summed E-state index contributed by atoms with van der Waals surface area (Å²) in [6, 6.07) is 9.81. The number of aryl methyl sites for hydroxylation is 1. The zero-order valence-corrected chi connectivity index (χ0v) is 12.7. The Morgan fingerprint density at radius 1 is 1.39 bits per heavy atom. The van der Waals surface area contributed by atoms with E-state index in [0.29, 0.717) is 10.8 Å². The van der Waals surface area contributed by atoms with Crippen LogP contribution in [0.15, 0.2) is 36.5 Å². The summed E-state index contributed by atoms with van der Waals surface area (Å²) in [7, 11) is 0. The van der Waals surface area contributed by atoms with E-state index in [0.717, 1.165) is 11.3 Å². The molecule has 2 rings (SSSR count). The zero-order chi connectivity index (χ0) is 13.1. The van der Waals surface area contributed by atoms with Crippen LogP contribution in [0.2, 0.25) is 0 Å². The number of benzene rings is 1. The van der Waals surface area contributed by atoms with Crippen LogP contribution in [0.5, 0.6) is 0 Å². The fourth-order valence-corrected chi connectivity index (χ4v) is 2.19. The first-order valence-corrected chi connectivity index (χ1v) is 6.84. The van der Waals surface area contributed by atoms with Gasteiger partial charge in [0.2, 0.25) is 0 Å². The van der Waals surface area contributed by atoms with Crippen molar-refractivity contribution in [1.29, 1.82) is 0 Å². The van der Waals surface area contributed by atoms with Crippen molar-refractivity contribution in [3.8, 4) is 0 Å². The molecule has 3 nitrogen and oxygen atoms in total. The minimum Gasteiger partial charge on any atom is -0.389 e. The third-order valence-corrected chi connectivity index (χ3v) is 3.89. The molecule has 0 spiro atoms. The molecule has 0 amide bonds. The number of nitrogens with one attached hydrogen (secondary N) is 1. The van der Waals surface area contributed by atoms with Crippen molar-refractivity contribution in [2.75, 3.05) is 5.32 Å². The van der Waals surface area contributed by atoms with E-state index in [-0.39, 0.29) is 0 Å². The first-order valence-electron chi connectivity index (χ1n) is 5.36. The summed E-state index contributed by atoms with van der Waals surface area (Å²) in [6.07, 6.45) is 1.71. The number of rotatable bonds is 3. The Hall–Kier alpha value is -1.21. The Labute approximate surface area is 125 Å². The second-order valence-corrected chi connectivity index (χ2v) is 5.45. The second-order valence-electron chi connectivity index (χ2n) is 3.85. The Morgan fingerprint density at radius 3 is 2.83 bits per heavy atom. The molecule has 0 atom stereocenters. The molecule has 3 N–H and O–H groups in total. The minimum absolute atomic E-state index is 0.340. The van der Waals surface area contributed by atoms with Crippen molar-refractivity contribution in [3.05, 3.63) is 51.2 Å². The summed E-state index contributed by atoms with van der Waals surface area (Å²) < 4.78 is 1.20. The molecule has 0 bridgehead atoms. The first kappa shape index (κ1) is 13.2. The quantitative estimate of drug-likeness (QED) is 0.644. The lowest BCUT2D eigenvalue weighted by molar-refractivity contribution is 1.29. The maximum atomic E-state index is 5.67. The average Bonchev–Trinajstić information content (AvgIpc) is 2.34. The fraction of sp³-hybridized carbons (Fsp3) is 0.0769. The monoisotopic (exact) mass is 369 g/mol. The number of pyridine rings is 1. The highest BCUT2D eigenvalue weighted by Gasteiger charge is 2.06. The number of hydrogen-bond acceptors (Lipinski definition) is 3. The van der Waals surface area contributed by atoms with Crippen LogP contribution in [-0.2, 0) is 0 Å². The summed E-state index contributed by atoms with van der Waals surface area (Å²) in [4.78, 5) is 4.61. The molecule has 92 valence electrons. The highest BCUT2D eigenvalue weighted by molar-refractivity contribution is 14.1. The maximum Gasteiger partial charge on any atom is 0.140 e. The molecular formula is C13H12IN3S. The van der Waals surface area contributed by atoms with E-state index >= 15 is 0 Å². The second kappa shape index (κ2) is 5.62. The Balaban J connectivity index is 2.34.